The molecule has 4 bridgehead atoms. The van der Waals surface area contributed by atoms with Gasteiger partial charge >= 0.3 is 0 Å². The van der Waals surface area contributed by atoms with Crippen molar-refractivity contribution in [2.45, 2.75) is 64.3 Å². The van der Waals surface area contributed by atoms with E-state index < -0.39 is 28.6 Å². The highest BCUT2D eigenvalue weighted by atomic mass is 16.7. The lowest BCUT2D eigenvalue weighted by molar-refractivity contribution is -0.352. The van der Waals surface area contributed by atoms with E-state index in [0.29, 0.717) is 18.8 Å². The number of ether oxygens (including phenoxy) is 2. The summed E-state index contributed by atoms with van der Waals surface area (Å²) < 4.78 is 12.5. The Bertz CT molecular complexity index is 918. The number of allylic oxidation sites excluding steroid dienone is 1. The van der Waals surface area contributed by atoms with E-state index >= 15 is 0 Å². The van der Waals surface area contributed by atoms with Crippen molar-refractivity contribution in [1.29, 1.82) is 21.2 Å². The highest BCUT2D eigenvalue weighted by Gasteiger charge is 2.81. The fourth-order valence-electron chi connectivity index (χ4n) is 6.83. The number of nitrogens with one attached hydrogen (secondary N) is 1. The van der Waals surface area contributed by atoms with Crippen molar-refractivity contribution >= 4 is 5.90 Å². The molecule has 144 valence electrons. The van der Waals surface area contributed by atoms with Gasteiger partial charge in [0.1, 0.15) is 6.10 Å². The molecule has 28 heavy (non-hydrogen) atoms. The molecule has 0 aromatic heterocycles. The van der Waals surface area contributed by atoms with E-state index in [4.69, 9.17) is 14.9 Å². The normalized spacial score (nSPS) is 46.5. The molecule has 2 saturated carbocycles. The van der Waals surface area contributed by atoms with Crippen LogP contribution in [-0.2, 0) is 9.47 Å². The Morgan fingerprint density at radius 2 is 1.89 bits per heavy atom. The van der Waals surface area contributed by atoms with Gasteiger partial charge in [0.2, 0.25) is 11.7 Å². The molecule has 0 aromatic rings. The zero-order valence-electron chi connectivity index (χ0n) is 16.3. The smallest absolute Gasteiger partial charge is 0.218 e. The molecule has 0 radical (unpaired) electrons. The van der Waals surface area contributed by atoms with Gasteiger partial charge in [0.15, 0.2) is 10.8 Å². The molecule has 3 aliphatic heterocycles. The average Bonchev–Trinajstić information content (AvgIpc) is 2.71. The Morgan fingerprint density at radius 3 is 2.50 bits per heavy atom. The third-order valence-electron chi connectivity index (χ3n) is 8.63. The van der Waals surface area contributed by atoms with Crippen LogP contribution in [0.3, 0.4) is 0 Å². The van der Waals surface area contributed by atoms with Gasteiger partial charge in [0, 0.05) is 6.42 Å². The Morgan fingerprint density at radius 1 is 1.14 bits per heavy atom. The quantitative estimate of drug-likeness (QED) is 0.699. The lowest BCUT2D eigenvalue weighted by atomic mass is 9.43. The minimum atomic E-state index is -1.72. The summed E-state index contributed by atoms with van der Waals surface area (Å²) in [6, 6.07) is 6.67. The summed E-state index contributed by atoms with van der Waals surface area (Å²) in [5.41, 5.74) is -2.24. The minimum absolute atomic E-state index is 0.107. The van der Waals surface area contributed by atoms with Gasteiger partial charge in [-0.2, -0.15) is 15.8 Å². The molecular weight excluding hydrogens is 352 g/mol. The molecule has 6 atom stereocenters. The standard InChI is InChI=1S/C22H24N4O2/c1-19(2)13-6-7-14(15(19)9-13)17-21(12-25)18(26)28-22(27-17)8-4-3-5-16(22)20(21,10-23)11-24/h7,13,15-17,26H,3-6,8-9H2,1-2H3/t13-,15+,16-,17-,21+,22+/m0/s1. The van der Waals surface area contributed by atoms with Gasteiger partial charge in [-0.3, -0.25) is 5.41 Å². The van der Waals surface area contributed by atoms with Gasteiger partial charge < -0.3 is 9.47 Å². The molecule has 7 aliphatic rings. The first-order chi connectivity index (χ1) is 13.3. The maximum atomic E-state index is 10.4. The van der Waals surface area contributed by atoms with Crippen LogP contribution < -0.4 is 0 Å². The predicted molar refractivity (Wildman–Crippen MR) is 98.2 cm³/mol. The second-order valence-electron chi connectivity index (χ2n) is 9.74. The minimum Gasteiger partial charge on any atom is -0.447 e. The van der Waals surface area contributed by atoms with Crippen LogP contribution in [0.5, 0.6) is 0 Å². The van der Waals surface area contributed by atoms with Crippen molar-refractivity contribution in [3.8, 4) is 18.2 Å². The fraction of sp³-hybridized carbons (Fsp3) is 0.727. The van der Waals surface area contributed by atoms with Gasteiger partial charge in [-0.1, -0.05) is 26.3 Å². The Kier molecular flexibility index (Phi) is 3.27. The molecule has 5 fully saturated rings. The lowest BCUT2D eigenvalue weighted by Gasteiger charge is -2.66. The maximum Gasteiger partial charge on any atom is 0.218 e. The summed E-state index contributed by atoms with van der Waals surface area (Å²) in [5, 5.41) is 39.6. The Hall–Kier alpha value is -2.36. The first-order valence-corrected chi connectivity index (χ1v) is 10.2. The number of rotatable bonds is 1. The molecule has 3 heterocycles. The van der Waals surface area contributed by atoms with Crippen LogP contribution in [0.25, 0.3) is 0 Å². The summed E-state index contributed by atoms with van der Waals surface area (Å²) in [7, 11) is 0. The Labute approximate surface area is 165 Å². The number of nitriles is 3. The van der Waals surface area contributed by atoms with Crippen molar-refractivity contribution < 1.29 is 9.47 Å². The SMILES string of the molecule is CC1(C)[C@H]2CC=C([C@@H]3O[C@@]45CCCC[C@H]4C(C#N)(C#N)[C@@]3(C#N)C(=N)O5)[C@H]1C2. The maximum absolute atomic E-state index is 10.4. The molecule has 0 aromatic carbocycles. The van der Waals surface area contributed by atoms with Crippen LogP contribution in [-0.4, -0.2) is 17.8 Å². The Balaban J connectivity index is 1.74. The van der Waals surface area contributed by atoms with E-state index in [1.165, 1.54) is 0 Å². The highest BCUT2D eigenvalue weighted by molar-refractivity contribution is 5.89. The first kappa shape index (κ1) is 17.7. The van der Waals surface area contributed by atoms with E-state index in [9.17, 15) is 15.8 Å². The van der Waals surface area contributed by atoms with Gasteiger partial charge in [0.05, 0.1) is 24.1 Å². The van der Waals surface area contributed by atoms with Crippen LogP contribution in [0.4, 0.5) is 0 Å². The molecule has 1 spiro atoms. The number of hydrogen-bond donors (Lipinski definition) is 1. The van der Waals surface area contributed by atoms with Crippen molar-refractivity contribution in [1.82, 2.24) is 0 Å². The second kappa shape index (κ2) is 5.16. The topological polar surface area (TPSA) is 114 Å². The summed E-state index contributed by atoms with van der Waals surface area (Å²) in [6.07, 6.45) is 6.21. The molecule has 4 aliphatic carbocycles. The largest absolute Gasteiger partial charge is 0.447 e. The van der Waals surface area contributed by atoms with Crippen LogP contribution in [0.2, 0.25) is 0 Å². The summed E-state index contributed by atoms with van der Waals surface area (Å²) in [6.45, 7) is 4.48. The monoisotopic (exact) mass is 376 g/mol. The third kappa shape index (κ3) is 1.61. The van der Waals surface area contributed by atoms with E-state index in [1.807, 2.05) is 0 Å². The zero-order chi connectivity index (χ0) is 19.9. The summed E-state index contributed by atoms with van der Waals surface area (Å²) in [5.74, 6) is -1.04. The van der Waals surface area contributed by atoms with Crippen LogP contribution in [0.1, 0.15) is 52.4 Å². The molecule has 3 saturated heterocycles. The van der Waals surface area contributed by atoms with Gasteiger partial charge in [-0.05, 0) is 48.5 Å². The van der Waals surface area contributed by atoms with Crippen molar-refractivity contribution in [3.63, 3.8) is 0 Å². The van der Waals surface area contributed by atoms with E-state index in [2.05, 4.69) is 38.1 Å². The molecule has 6 heteroatoms. The third-order valence-corrected chi connectivity index (χ3v) is 8.63. The van der Waals surface area contributed by atoms with Gasteiger partial charge in [-0.15, -0.1) is 0 Å². The molecular formula is C22H24N4O2. The van der Waals surface area contributed by atoms with Crippen molar-refractivity contribution in [2.24, 2.45) is 34.0 Å². The van der Waals surface area contributed by atoms with Crippen molar-refractivity contribution in [3.05, 3.63) is 11.6 Å². The number of nitrogens with zero attached hydrogens (tertiary/aromatic N) is 3. The predicted octanol–water partition coefficient (Wildman–Crippen LogP) is 3.82. The summed E-state index contributed by atoms with van der Waals surface area (Å²) >= 11 is 0. The molecule has 1 N–H and O–H groups in total. The number of hydrogen-bond acceptors (Lipinski definition) is 6. The molecule has 7 rings (SSSR count). The summed E-state index contributed by atoms with van der Waals surface area (Å²) in [4.78, 5) is 0. The highest BCUT2D eigenvalue weighted by Crippen LogP contribution is 2.69. The number of fused-ring (bicyclic) bond motifs is 4. The second-order valence-corrected chi connectivity index (χ2v) is 9.74. The van der Waals surface area contributed by atoms with E-state index in [-0.39, 0.29) is 17.2 Å². The average molecular weight is 376 g/mol. The van der Waals surface area contributed by atoms with Gasteiger partial charge in [0.25, 0.3) is 0 Å². The molecule has 6 nitrogen and oxygen atoms in total. The van der Waals surface area contributed by atoms with Crippen LogP contribution in [0, 0.1) is 73.4 Å². The van der Waals surface area contributed by atoms with E-state index in [0.717, 1.165) is 31.3 Å². The van der Waals surface area contributed by atoms with Crippen molar-refractivity contribution in [2.75, 3.05) is 0 Å². The van der Waals surface area contributed by atoms with Crippen LogP contribution in [0.15, 0.2) is 11.6 Å². The zero-order valence-corrected chi connectivity index (χ0v) is 16.3. The van der Waals surface area contributed by atoms with Crippen LogP contribution >= 0.6 is 0 Å². The molecule has 0 amide bonds. The van der Waals surface area contributed by atoms with Gasteiger partial charge in [-0.25, -0.2) is 0 Å². The fourth-order valence-corrected chi connectivity index (χ4v) is 6.83. The first-order valence-electron chi connectivity index (χ1n) is 10.2. The molecule has 0 unspecified atom stereocenters. The van der Waals surface area contributed by atoms with E-state index in [1.54, 1.807) is 0 Å². The lowest BCUT2D eigenvalue weighted by Crippen LogP contribution is -2.76.